The highest BCUT2D eigenvalue weighted by atomic mass is 16.5. The van der Waals surface area contributed by atoms with Crippen LogP contribution in [0.5, 0.6) is 5.75 Å². The third-order valence-corrected chi connectivity index (χ3v) is 4.83. The van der Waals surface area contributed by atoms with Crippen LogP contribution < -0.4 is 20.7 Å². The third kappa shape index (κ3) is 8.31. The summed E-state index contributed by atoms with van der Waals surface area (Å²) < 4.78 is 10.7. The Morgan fingerprint density at radius 3 is 2.21 bits per heavy atom. The molecular formula is C26H29N3O4. The molecule has 0 saturated heterocycles. The van der Waals surface area contributed by atoms with Crippen LogP contribution in [0.3, 0.4) is 0 Å². The monoisotopic (exact) mass is 447 g/mol. The lowest BCUT2D eigenvalue weighted by atomic mass is 10.2. The first-order valence-electron chi connectivity index (χ1n) is 10.8. The van der Waals surface area contributed by atoms with E-state index in [0.29, 0.717) is 31.0 Å². The van der Waals surface area contributed by atoms with Crippen molar-refractivity contribution < 1.29 is 19.1 Å². The van der Waals surface area contributed by atoms with Crippen molar-refractivity contribution in [1.82, 2.24) is 5.32 Å². The van der Waals surface area contributed by atoms with Gasteiger partial charge in [-0.15, -0.1) is 0 Å². The van der Waals surface area contributed by atoms with E-state index in [-0.39, 0.29) is 18.4 Å². The number of anilines is 2. The van der Waals surface area contributed by atoms with Gasteiger partial charge in [0.05, 0.1) is 19.8 Å². The van der Waals surface area contributed by atoms with E-state index < -0.39 is 0 Å². The normalized spacial score (nSPS) is 10.3. The number of methoxy groups -OCH3 is 1. The molecule has 0 spiro atoms. The van der Waals surface area contributed by atoms with Gasteiger partial charge < -0.3 is 25.4 Å². The molecule has 3 aromatic carbocycles. The third-order valence-electron chi connectivity index (χ3n) is 4.83. The van der Waals surface area contributed by atoms with Gasteiger partial charge in [0.1, 0.15) is 5.75 Å². The zero-order valence-electron chi connectivity index (χ0n) is 18.7. The molecule has 0 heterocycles. The molecule has 0 aromatic heterocycles. The Kier molecular flexibility index (Phi) is 9.29. The first-order valence-corrected chi connectivity index (χ1v) is 10.8. The van der Waals surface area contributed by atoms with Gasteiger partial charge in [-0.25, -0.2) is 0 Å². The topological polar surface area (TPSA) is 88.7 Å². The van der Waals surface area contributed by atoms with Crippen LogP contribution in [-0.4, -0.2) is 45.2 Å². The highest BCUT2D eigenvalue weighted by Crippen LogP contribution is 2.16. The van der Waals surface area contributed by atoms with E-state index in [1.807, 2.05) is 42.5 Å². The summed E-state index contributed by atoms with van der Waals surface area (Å²) in [5, 5.41) is 8.66. The molecule has 3 N–H and O–H groups in total. The van der Waals surface area contributed by atoms with Gasteiger partial charge in [0, 0.05) is 37.0 Å². The Balaban J connectivity index is 1.38. The molecule has 0 atom stereocenters. The number of rotatable bonds is 12. The van der Waals surface area contributed by atoms with E-state index in [2.05, 4.69) is 28.1 Å². The van der Waals surface area contributed by atoms with E-state index in [1.165, 1.54) is 5.56 Å². The molecule has 2 amide bonds. The molecule has 0 aliphatic carbocycles. The predicted molar refractivity (Wildman–Crippen MR) is 130 cm³/mol. The maximum absolute atomic E-state index is 12.2. The van der Waals surface area contributed by atoms with Crippen LogP contribution in [0.15, 0.2) is 78.9 Å². The van der Waals surface area contributed by atoms with Crippen LogP contribution in [0.4, 0.5) is 11.4 Å². The summed E-state index contributed by atoms with van der Waals surface area (Å²) >= 11 is 0. The fourth-order valence-corrected chi connectivity index (χ4v) is 3.06. The number of benzene rings is 3. The second-order valence-corrected chi connectivity index (χ2v) is 7.34. The van der Waals surface area contributed by atoms with Gasteiger partial charge in [-0.3, -0.25) is 9.59 Å². The van der Waals surface area contributed by atoms with E-state index >= 15 is 0 Å². The summed E-state index contributed by atoms with van der Waals surface area (Å²) in [6.45, 7) is 1.61. The van der Waals surface area contributed by atoms with E-state index in [1.54, 1.807) is 31.4 Å². The maximum atomic E-state index is 12.2. The average Bonchev–Trinajstić information content (AvgIpc) is 2.85. The molecule has 172 valence electrons. The van der Waals surface area contributed by atoms with Crippen molar-refractivity contribution in [1.29, 1.82) is 0 Å². The maximum Gasteiger partial charge on any atom is 0.251 e. The van der Waals surface area contributed by atoms with Crippen LogP contribution >= 0.6 is 0 Å². The summed E-state index contributed by atoms with van der Waals surface area (Å²) in [6, 6.07) is 24.4. The van der Waals surface area contributed by atoms with Crippen LogP contribution in [0.25, 0.3) is 0 Å². The zero-order chi connectivity index (χ0) is 23.3. The van der Waals surface area contributed by atoms with Crippen LogP contribution in [0.2, 0.25) is 0 Å². The van der Waals surface area contributed by atoms with Gasteiger partial charge in [-0.2, -0.15) is 0 Å². The Bertz CT molecular complexity index is 1010. The Labute approximate surface area is 194 Å². The molecule has 0 radical (unpaired) electrons. The quantitative estimate of drug-likeness (QED) is 0.368. The number of carbonyl (C=O) groups excluding carboxylic acids is 2. The minimum absolute atomic E-state index is 0.106. The first-order chi connectivity index (χ1) is 16.1. The molecule has 3 aromatic rings. The van der Waals surface area contributed by atoms with Crippen molar-refractivity contribution in [3.63, 3.8) is 0 Å². The standard InChI is InChI=1S/C26H29N3O4/c1-32-18-16-27-26(31)21-7-9-22(10-8-21)28-19-25(30)29-23-11-13-24(14-12-23)33-17-15-20-5-3-2-4-6-20/h2-14,28H,15-19H2,1H3,(H,27,31)(H,29,30). The lowest BCUT2D eigenvalue weighted by Gasteiger charge is -2.10. The highest BCUT2D eigenvalue weighted by molar-refractivity contribution is 5.95. The van der Waals surface area contributed by atoms with Crippen molar-refractivity contribution >= 4 is 23.2 Å². The molecule has 33 heavy (non-hydrogen) atoms. The summed E-state index contributed by atoms with van der Waals surface area (Å²) in [4.78, 5) is 24.2. The van der Waals surface area contributed by atoms with Gasteiger partial charge in [0.25, 0.3) is 5.91 Å². The summed E-state index contributed by atoms with van der Waals surface area (Å²) in [6.07, 6.45) is 0.838. The Hall–Kier alpha value is -3.84. The highest BCUT2D eigenvalue weighted by Gasteiger charge is 2.06. The zero-order valence-corrected chi connectivity index (χ0v) is 18.7. The molecule has 0 aliphatic heterocycles. The predicted octanol–water partition coefficient (Wildman–Crippen LogP) is 3.73. The van der Waals surface area contributed by atoms with Gasteiger partial charge >= 0.3 is 0 Å². The number of hydrogen-bond acceptors (Lipinski definition) is 5. The number of hydrogen-bond donors (Lipinski definition) is 3. The van der Waals surface area contributed by atoms with E-state index in [9.17, 15) is 9.59 Å². The second kappa shape index (κ2) is 12.9. The van der Waals surface area contributed by atoms with Gasteiger partial charge in [-0.1, -0.05) is 30.3 Å². The molecule has 0 aliphatic rings. The number of carbonyl (C=O) groups is 2. The molecule has 0 bridgehead atoms. The largest absolute Gasteiger partial charge is 0.493 e. The molecule has 7 nitrogen and oxygen atoms in total. The summed E-state index contributed by atoms with van der Waals surface area (Å²) in [7, 11) is 1.58. The van der Waals surface area contributed by atoms with E-state index in [0.717, 1.165) is 17.9 Å². The molecule has 0 unspecified atom stereocenters. The lowest BCUT2D eigenvalue weighted by Crippen LogP contribution is -2.26. The van der Waals surface area contributed by atoms with Crippen molar-refractivity contribution in [2.24, 2.45) is 0 Å². The van der Waals surface area contributed by atoms with Crippen molar-refractivity contribution in [3.05, 3.63) is 90.0 Å². The molecule has 3 rings (SSSR count). The van der Waals surface area contributed by atoms with Crippen LogP contribution in [0.1, 0.15) is 15.9 Å². The fourth-order valence-electron chi connectivity index (χ4n) is 3.06. The SMILES string of the molecule is COCCNC(=O)c1ccc(NCC(=O)Nc2ccc(OCCc3ccccc3)cc2)cc1. The Morgan fingerprint density at radius 2 is 1.52 bits per heavy atom. The van der Waals surface area contributed by atoms with Gasteiger partial charge in [0.2, 0.25) is 5.91 Å². The lowest BCUT2D eigenvalue weighted by molar-refractivity contribution is -0.114. The molecule has 7 heteroatoms. The Morgan fingerprint density at radius 1 is 0.818 bits per heavy atom. The number of amides is 2. The van der Waals surface area contributed by atoms with Crippen LogP contribution in [-0.2, 0) is 16.0 Å². The average molecular weight is 448 g/mol. The number of ether oxygens (including phenoxy) is 2. The molecular weight excluding hydrogens is 418 g/mol. The summed E-state index contributed by atoms with van der Waals surface area (Å²) in [5.74, 6) is 0.423. The smallest absolute Gasteiger partial charge is 0.251 e. The minimum Gasteiger partial charge on any atom is -0.493 e. The van der Waals surface area contributed by atoms with Crippen molar-refractivity contribution in [3.8, 4) is 5.75 Å². The molecule has 0 fully saturated rings. The van der Waals surface area contributed by atoms with Crippen LogP contribution in [0, 0.1) is 0 Å². The van der Waals surface area contributed by atoms with Gasteiger partial charge in [0.15, 0.2) is 0 Å². The van der Waals surface area contributed by atoms with Crippen molar-refractivity contribution in [2.45, 2.75) is 6.42 Å². The minimum atomic E-state index is -0.172. The van der Waals surface area contributed by atoms with Gasteiger partial charge in [-0.05, 0) is 54.1 Å². The fraction of sp³-hybridized carbons (Fsp3) is 0.231. The number of nitrogens with one attached hydrogen (secondary N) is 3. The second-order valence-electron chi connectivity index (χ2n) is 7.34. The van der Waals surface area contributed by atoms with E-state index in [4.69, 9.17) is 9.47 Å². The summed E-state index contributed by atoms with van der Waals surface area (Å²) in [5.41, 5.74) is 3.22. The first kappa shape index (κ1) is 23.8. The molecule has 0 saturated carbocycles. The van der Waals surface area contributed by atoms with Crippen molar-refractivity contribution in [2.75, 3.05) is 44.0 Å².